The molecule has 0 unspecified atom stereocenters. The maximum atomic E-state index is 12.6. The number of para-hydroxylation sites is 1. The van der Waals surface area contributed by atoms with E-state index in [2.05, 4.69) is 37.3 Å². The molecule has 8 heteroatoms. The topological polar surface area (TPSA) is 82.4 Å². The van der Waals surface area contributed by atoms with Gasteiger partial charge in [0.15, 0.2) is 6.61 Å². The van der Waals surface area contributed by atoms with E-state index in [-0.39, 0.29) is 12.2 Å². The molecule has 0 aromatic heterocycles. The summed E-state index contributed by atoms with van der Waals surface area (Å²) in [5.74, 6) is -0.434. The van der Waals surface area contributed by atoms with Gasteiger partial charge >= 0.3 is 0 Å². The van der Waals surface area contributed by atoms with E-state index in [1.165, 1.54) is 11.1 Å². The Morgan fingerprint density at radius 3 is 2.42 bits per heavy atom. The summed E-state index contributed by atoms with van der Waals surface area (Å²) >= 11 is 6.73. The second-order valence-corrected chi connectivity index (χ2v) is 6.94. The minimum absolute atomic E-state index is 0.0262. The van der Waals surface area contributed by atoms with Gasteiger partial charge in [0.1, 0.15) is 17.4 Å². The van der Waals surface area contributed by atoms with Gasteiger partial charge in [0.05, 0.1) is 14.6 Å². The summed E-state index contributed by atoms with van der Waals surface area (Å²) in [7, 11) is 0. The summed E-state index contributed by atoms with van der Waals surface area (Å²) in [4.78, 5) is 24.8. The number of hydrazine groups is 1. The molecule has 26 heavy (non-hydrogen) atoms. The number of hydrogen-bond donors (Lipinski definition) is 1. The van der Waals surface area contributed by atoms with Crippen LogP contribution in [0.2, 0.25) is 0 Å². The quantitative estimate of drug-likeness (QED) is 0.540. The van der Waals surface area contributed by atoms with Gasteiger partial charge in [-0.1, -0.05) is 18.2 Å². The van der Waals surface area contributed by atoms with Crippen LogP contribution in [0.15, 0.2) is 57.0 Å². The Balaban J connectivity index is 1.92. The molecule has 6 nitrogen and oxygen atoms in total. The van der Waals surface area contributed by atoms with Gasteiger partial charge < -0.3 is 4.74 Å². The summed E-state index contributed by atoms with van der Waals surface area (Å²) in [6.45, 7) is -0.0927. The highest BCUT2D eigenvalue weighted by Gasteiger charge is 2.34. The molecule has 0 bridgehead atoms. The zero-order valence-electron chi connectivity index (χ0n) is 13.2. The maximum Gasteiger partial charge on any atom is 0.282 e. The first-order valence-electron chi connectivity index (χ1n) is 7.42. The van der Waals surface area contributed by atoms with Gasteiger partial charge in [-0.2, -0.15) is 5.26 Å². The van der Waals surface area contributed by atoms with E-state index in [0.29, 0.717) is 25.9 Å². The van der Waals surface area contributed by atoms with E-state index in [1.807, 2.05) is 12.1 Å². The van der Waals surface area contributed by atoms with Crippen LogP contribution >= 0.6 is 31.9 Å². The van der Waals surface area contributed by atoms with Gasteiger partial charge in [0.25, 0.3) is 11.8 Å². The molecular formula is C18H11Br2N3O3. The average Bonchev–Trinajstić information content (AvgIpc) is 2.90. The van der Waals surface area contributed by atoms with Gasteiger partial charge in [-0.25, -0.2) is 5.01 Å². The smallest absolute Gasteiger partial charge is 0.282 e. The van der Waals surface area contributed by atoms with Gasteiger partial charge in [-0.3, -0.25) is 15.0 Å². The molecule has 0 atom stereocenters. The lowest BCUT2D eigenvalue weighted by atomic mass is 10.1. The van der Waals surface area contributed by atoms with E-state index < -0.39 is 11.8 Å². The Labute approximate surface area is 166 Å². The Kier molecular flexibility index (Phi) is 5.40. The van der Waals surface area contributed by atoms with Crippen molar-refractivity contribution in [2.24, 2.45) is 0 Å². The Morgan fingerprint density at radius 2 is 1.81 bits per heavy atom. The van der Waals surface area contributed by atoms with Crippen molar-refractivity contribution in [2.45, 2.75) is 0 Å². The van der Waals surface area contributed by atoms with E-state index in [1.54, 1.807) is 36.4 Å². The fourth-order valence-electron chi connectivity index (χ4n) is 2.39. The van der Waals surface area contributed by atoms with Crippen molar-refractivity contribution in [1.82, 2.24) is 5.43 Å². The van der Waals surface area contributed by atoms with Crippen LogP contribution in [0.3, 0.4) is 0 Å². The number of carbonyl (C=O) groups is 2. The summed E-state index contributed by atoms with van der Waals surface area (Å²) in [6.07, 6.45) is 1.50. The number of nitrogens with zero attached hydrogens (tertiary/aromatic N) is 2. The van der Waals surface area contributed by atoms with Crippen LogP contribution in [0, 0.1) is 11.3 Å². The molecule has 2 amide bonds. The van der Waals surface area contributed by atoms with Crippen LogP contribution in [0.25, 0.3) is 6.08 Å². The first-order valence-corrected chi connectivity index (χ1v) is 9.01. The Hall–Kier alpha value is -2.63. The summed E-state index contributed by atoms with van der Waals surface area (Å²) < 4.78 is 6.52. The largest absolute Gasteiger partial charge is 0.476 e. The highest BCUT2D eigenvalue weighted by atomic mass is 79.9. The molecule has 3 rings (SSSR count). The molecule has 1 saturated heterocycles. The molecule has 130 valence electrons. The van der Waals surface area contributed by atoms with Gasteiger partial charge in [-0.15, -0.1) is 0 Å². The van der Waals surface area contributed by atoms with E-state index in [4.69, 9.17) is 10.00 Å². The van der Waals surface area contributed by atoms with Crippen molar-refractivity contribution in [1.29, 1.82) is 5.26 Å². The third kappa shape index (κ3) is 3.64. The first-order chi connectivity index (χ1) is 12.5. The lowest BCUT2D eigenvalue weighted by Gasteiger charge is -2.13. The third-order valence-corrected chi connectivity index (χ3v) is 4.70. The number of benzene rings is 2. The molecule has 1 aliphatic rings. The molecule has 1 fully saturated rings. The second kappa shape index (κ2) is 7.72. The number of carbonyl (C=O) groups excluding carboxylic acids is 2. The predicted molar refractivity (Wildman–Crippen MR) is 103 cm³/mol. The van der Waals surface area contributed by atoms with Crippen molar-refractivity contribution in [2.75, 3.05) is 11.6 Å². The maximum absolute atomic E-state index is 12.6. The number of anilines is 1. The standard InChI is InChI=1S/C18H11Br2N3O3/c19-14-9-11(10-15(20)16(14)26-7-6-21)8-13-17(24)22-23(18(13)25)12-4-2-1-3-5-12/h1-5,8-10H,7H2,(H,22,24). The lowest BCUT2D eigenvalue weighted by Crippen LogP contribution is -2.35. The van der Waals surface area contributed by atoms with Crippen LogP contribution < -0.4 is 15.2 Å². The molecule has 0 spiro atoms. The Bertz CT molecular complexity index is 929. The molecule has 0 radical (unpaired) electrons. The average molecular weight is 477 g/mol. The third-order valence-electron chi connectivity index (χ3n) is 3.52. The van der Waals surface area contributed by atoms with Gasteiger partial charge in [0.2, 0.25) is 0 Å². The van der Waals surface area contributed by atoms with Crippen molar-refractivity contribution >= 4 is 55.4 Å². The first kappa shape index (κ1) is 18.2. The highest BCUT2D eigenvalue weighted by Crippen LogP contribution is 2.35. The SMILES string of the molecule is N#CCOc1c(Br)cc(C=C2C(=O)NN(c3ccccc3)C2=O)cc1Br. The predicted octanol–water partition coefficient (Wildman–Crippen LogP) is 3.58. The highest BCUT2D eigenvalue weighted by molar-refractivity contribution is 9.11. The van der Waals surface area contributed by atoms with Crippen molar-refractivity contribution < 1.29 is 14.3 Å². The summed E-state index contributed by atoms with van der Waals surface area (Å²) in [6, 6.07) is 14.2. The van der Waals surface area contributed by atoms with Crippen LogP contribution in [0.4, 0.5) is 5.69 Å². The van der Waals surface area contributed by atoms with Crippen LogP contribution in [-0.4, -0.2) is 18.4 Å². The molecule has 1 heterocycles. The molecule has 0 saturated carbocycles. The molecular weight excluding hydrogens is 466 g/mol. The van der Waals surface area contributed by atoms with E-state index >= 15 is 0 Å². The number of hydrogen-bond acceptors (Lipinski definition) is 4. The number of halogens is 2. The van der Waals surface area contributed by atoms with Gasteiger partial charge in [-0.05, 0) is 67.8 Å². The zero-order valence-corrected chi connectivity index (χ0v) is 16.4. The second-order valence-electron chi connectivity index (χ2n) is 5.24. The molecule has 1 N–H and O–H groups in total. The minimum atomic E-state index is -0.476. The lowest BCUT2D eigenvalue weighted by molar-refractivity contribution is -0.117. The zero-order chi connectivity index (χ0) is 18.7. The van der Waals surface area contributed by atoms with Crippen molar-refractivity contribution in [3.05, 3.63) is 62.5 Å². The summed E-state index contributed by atoms with van der Waals surface area (Å²) in [5.41, 5.74) is 3.78. The monoisotopic (exact) mass is 475 g/mol. The van der Waals surface area contributed by atoms with E-state index in [0.717, 1.165) is 0 Å². The number of nitriles is 1. The molecule has 1 aliphatic heterocycles. The number of rotatable bonds is 4. The molecule has 2 aromatic rings. The number of ether oxygens (including phenoxy) is 1. The molecule has 0 aliphatic carbocycles. The number of nitrogens with one attached hydrogen (secondary N) is 1. The molecule has 2 aromatic carbocycles. The Morgan fingerprint density at radius 1 is 1.15 bits per heavy atom. The van der Waals surface area contributed by atoms with E-state index in [9.17, 15) is 9.59 Å². The van der Waals surface area contributed by atoms with Crippen molar-refractivity contribution in [3.8, 4) is 11.8 Å². The minimum Gasteiger partial charge on any atom is -0.476 e. The van der Waals surface area contributed by atoms with Crippen LogP contribution in [0.5, 0.6) is 5.75 Å². The fourth-order valence-corrected chi connectivity index (χ4v) is 3.84. The van der Waals surface area contributed by atoms with Crippen LogP contribution in [0.1, 0.15) is 5.56 Å². The van der Waals surface area contributed by atoms with Crippen LogP contribution in [-0.2, 0) is 9.59 Å². The van der Waals surface area contributed by atoms with Gasteiger partial charge in [0, 0.05) is 0 Å². The summed E-state index contributed by atoms with van der Waals surface area (Å²) in [5, 5.41) is 9.84. The normalized spacial score (nSPS) is 15.1. The van der Waals surface area contributed by atoms with Crippen molar-refractivity contribution in [3.63, 3.8) is 0 Å². The fraction of sp³-hybridized carbons (Fsp3) is 0.0556. The number of amides is 2.